The van der Waals surface area contributed by atoms with Crippen molar-refractivity contribution in [1.29, 1.82) is 0 Å². The van der Waals surface area contributed by atoms with Gasteiger partial charge in [0.2, 0.25) is 0 Å². The highest BCUT2D eigenvalue weighted by atomic mass is 79.9. The molecule has 2 heterocycles. The van der Waals surface area contributed by atoms with Crippen LogP contribution in [-0.4, -0.2) is 35.8 Å². The first-order chi connectivity index (χ1) is 11.3. The maximum Gasteiger partial charge on any atom is 0.298 e. The molecule has 0 fully saturated rings. The minimum absolute atomic E-state index is 0.0533. The summed E-state index contributed by atoms with van der Waals surface area (Å²) >= 11 is 3.33. The fraction of sp³-hybridized carbons (Fsp3) is 0.267. The smallest absolute Gasteiger partial charge is 0.298 e. The van der Waals surface area contributed by atoms with Crippen LogP contribution in [0.1, 0.15) is 32.0 Å². The van der Waals surface area contributed by atoms with Crippen LogP contribution in [0, 0.1) is 0 Å². The highest BCUT2D eigenvalue weighted by Gasteiger charge is 2.23. The van der Waals surface area contributed by atoms with Crippen molar-refractivity contribution in [2.24, 2.45) is 5.10 Å². The van der Waals surface area contributed by atoms with E-state index in [9.17, 15) is 9.90 Å². The summed E-state index contributed by atoms with van der Waals surface area (Å²) in [5.74, 6) is 0.247. The maximum atomic E-state index is 12.7. The van der Waals surface area contributed by atoms with Crippen LogP contribution in [0.4, 0.5) is 0 Å². The van der Waals surface area contributed by atoms with Gasteiger partial charge < -0.3 is 5.11 Å². The van der Waals surface area contributed by atoms with E-state index in [4.69, 9.17) is 0 Å². The third-order valence-electron chi connectivity index (χ3n) is 3.32. The highest BCUT2D eigenvalue weighted by molar-refractivity contribution is 9.10. The van der Waals surface area contributed by atoms with Crippen molar-refractivity contribution in [3.05, 3.63) is 50.6 Å². The fourth-order valence-corrected chi connectivity index (χ4v) is 2.48. The van der Waals surface area contributed by atoms with E-state index < -0.39 is 5.41 Å². The Kier molecular flexibility index (Phi) is 3.96. The van der Waals surface area contributed by atoms with Crippen LogP contribution < -0.4 is 5.56 Å². The number of phenols is 1. The molecule has 2 aromatic heterocycles. The van der Waals surface area contributed by atoms with Gasteiger partial charge in [-0.2, -0.15) is 19.4 Å². The second kappa shape index (κ2) is 5.82. The van der Waals surface area contributed by atoms with Crippen LogP contribution in [-0.2, 0) is 5.41 Å². The summed E-state index contributed by atoms with van der Waals surface area (Å²) in [7, 11) is 0. The third kappa shape index (κ3) is 2.94. The van der Waals surface area contributed by atoms with Crippen molar-refractivity contribution >= 4 is 27.9 Å². The van der Waals surface area contributed by atoms with E-state index in [2.05, 4.69) is 36.3 Å². The van der Waals surface area contributed by atoms with Gasteiger partial charge in [0.05, 0.1) is 6.21 Å². The molecular formula is C15H15BrN6O2. The number of fused-ring (bicyclic) bond motifs is 1. The second-order valence-corrected chi connectivity index (χ2v) is 7.15. The van der Waals surface area contributed by atoms with Crippen molar-refractivity contribution in [3.63, 3.8) is 0 Å². The number of nitrogens with zero attached hydrogens (tertiary/aromatic N) is 6. The number of halogens is 1. The van der Waals surface area contributed by atoms with E-state index in [1.54, 1.807) is 12.1 Å². The molecule has 0 bridgehead atoms. The normalized spacial score (nSPS) is 12.3. The van der Waals surface area contributed by atoms with Crippen LogP contribution in [0.5, 0.6) is 5.75 Å². The Bertz CT molecular complexity index is 999. The van der Waals surface area contributed by atoms with Crippen molar-refractivity contribution < 1.29 is 5.11 Å². The minimum atomic E-state index is -0.468. The molecular weight excluding hydrogens is 376 g/mol. The van der Waals surface area contributed by atoms with Gasteiger partial charge >= 0.3 is 0 Å². The molecule has 0 aliphatic rings. The number of aromatic hydroxyl groups is 1. The lowest BCUT2D eigenvalue weighted by Crippen LogP contribution is -2.33. The summed E-state index contributed by atoms with van der Waals surface area (Å²) in [6, 6.07) is 4.93. The molecule has 9 heteroatoms. The molecule has 0 amide bonds. The number of aromatic nitrogens is 5. The fourth-order valence-electron chi connectivity index (χ4n) is 2.10. The molecule has 0 spiro atoms. The van der Waals surface area contributed by atoms with Crippen molar-refractivity contribution in [1.82, 2.24) is 24.5 Å². The quantitative estimate of drug-likeness (QED) is 0.674. The number of phenolic OH excluding ortho intramolecular Hbond substituents is 1. The molecule has 0 saturated carbocycles. The van der Waals surface area contributed by atoms with Gasteiger partial charge in [0.25, 0.3) is 11.3 Å². The lowest BCUT2D eigenvalue weighted by molar-refractivity contribution is 0.474. The summed E-state index contributed by atoms with van der Waals surface area (Å²) in [5, 5.41) is 26.0. The van der Waals surface area contributed by atoms with Crippen LogP contribution in [0.15, 0.2) is 38.9 Å². The molecule has 0 atom stereocenters. The zero-order chi connectivity index (χ0) is 17.5. The Hall–Kier alpha value is -2.55. The first-order valence-corrected chi connectivity index (χ1v) is 7.93. The van der Waals surface area contributed by atoms with E-state index >= 15 is 0 Å². The molecule has 0 unspecified atom stereocenters. The Morgan fingerprint density at radius 2 is 2.08 bits per heavy atom. The molecule has 1 N–H and O–H groups in total. The molecule has 24 heavy (non-hydrogen) atoms. The first-order valence-electron chi connectivity index (χ1n) is 7.14. The van der Waals surface area contributed by atoms with Crippen LogP contribution in [0.2, 0.25) is 0 Å². The minimum Gasteiger partial charge on any atom is -0.507 e. The van der Waals surface area contributed by atoms with Gasteiger partial charge in [-0.3, -0.25) is 4.79 Å². The van der Waals surface area contributed by atoms with Gasteiger partial charge in [-0.15, -0.1) is 10.2 Å². The van der Waals surface area contributed by atoms with E-state index in [0.717, 1.165) is 9.15 Å². The van der Waals surface area contributed by atoms with Gasteiger partial charge in [0, 0.05) is 15.5 Å². The van der Waals surface area contributed by atoms with Crippen molar-refractivity contribution in [2.75, 3.05) is 0 Å². The van der Waals surface area contributed by atoms with E-state index in [1.165, 1.54) is 23.1 Å². The Labute approximate surface area is 145 Å². The predicted octanol–water partition coefficient (Wildman–Crippen LogP) is 1.93. The average molecular weight is 391 g/mol. The largest absolute Gasteiger partial charge is 0.507 e. The lowest BCUT2D eigenvalue weighted by atomic mass is 9.93. The second-order valence-electron chi connectivity index (χ2n) is 6.24. The summed E-state index contributed by atoms with van der Waals surface area (Å²) in [6.07, 6.45) is 2.80. The molecule has 124 valence electrons. The lowest BCUT2D eigenvalue weighted by Gasteiger charge is -2.16. The number of benzene rings is 1. The topological polar surface area (TPSA) is 97.7 Å². The number of hydrogen-bond donors (Lipinski definition) is 1. The van der Waals surface area contributed by atoms with E-state index in [0.29, 0.717) is 11.3 Å². The monoisotopic (exact) mass is 390 g/mol. The zero-order valence-electron chi connectivity index (χ0n) is 13.3. The summed E-state index contributed by atoms with van der Waals surface area (Å²) in [5.41, 5.74) is -0.0488. The molecule has 1 aromatic carbocycles. The first kappa shape index (κ1) is 16.3. The molecule has 3 aromatic rings. The molecule has 0 radical (unpaired) electrons. The third-order valence-corrected chi connectivity index (χ3v) is 3.81. The summed E-state index contributed by atoms with van der Waals surface area (Å²) in [6.45, 7) is 5.67. The molecule has 0 aliphatic heterocycles. The predicted molar refractivity (Wildman–Crippen MR) is 92.5 cm³/mol. The molecule has 3 rings (SSSR count). The van der Waals surface area contributed by atoms with Crippen LogP contribution >= 0.6 is 15.9 Å². The average Bonchev–Trinajstić information content (AvgIpc) is 2.96. The van der Waals surface area contributed by atoms with E-state index in [1.807, 2.05) is 20.8 Å². The van der Waals surface area contributed by atoms with Gasteiger partial charge in [-0.25, -0.2) is 0 Å². The SMILES string of the molecule is CC(C)(C)c1nn2cnnc2n(N=Cc2cc(Br)ccc2O)c1=O. The molecule has 0 aliphatic carbocycles. The molecule has 8 nitrogen and oxygen atoms in total. The van der Waals surface area contributed by atoms with Crippen molar-refractivity contribution in [3.8, 4) is 5.75 Å². The van der Waals surface area contributed by atoms with E-state index in [-0.39, 0.29) is 17.1 Å². The zero-order valence-corrected chi connectivity index (χ0v) is 14.9. The summed E-state index contributed by atoms with van der Waals surface area (Å²) in [4.78, 5) is 12.7. The van der Waals surface area contributed by atoms with Gasteiger partial charge in [-0.1, -0.05) is 36.7 Å². The highest BCUT2D eigenvalue weighted by Crippen LogP contribution is 2.20. The van der Waals surface area contributed by atoms with Gasteiger partial charge in [-0.05, 0) is 18.2 Å². The molecule has 0 saturated heterocycles. The van der Waals surface area contributed by atoms with Gasteiger partial charge in [0.15, 0.2) is 0 Å². The van der Waals surface area contributed by atoms with Crippen LogP contribution in [0.3, 0.4) is 0 Å². The van der Waals surface area contributed by atoms with Crippen molar-refractivity contribution in [2.45, 2.75) is 26.2 Å². The summed E-state index contributed by atoms with van der Waals surface area (Å²) < 4.78 is 3.31. The Morgan fingerprint density at radius 3 is 2.79 bits per heavy atom. The van der Waals surface area contributed by atoms with Crippen LogP contribution in [0.25, 0.3) is 5.78 Å². The Balaban J connectivity index is 2.20. The number of hydrogen-bond acceptors (Lipinski definition) is 6. The maximum absolute atomic E-state index is 12.7. The van der Waals surface area contributed by atoms with Gasteiger partial charge in [0.1, 0.15) is 17.8 Å². The standard InChI is InChI=1S/C15H15BrN6O2/c1-15(2,3)12-13(24)22(14-19-17-8-21(14)20-12)18-7-9-6-10(16)4-5-11(9)23/h4-8,23H,1-3H3. The number of rotatable bonds is 2. The Morgan fingerprint density at radius 1 is 1.33 bits per heavy atom.